The second-order valence-corrected chi connectivity index (χ2v) is 3.79. The monoisotopic (exact) mass is 150 g/mol. The maximum Gasteiger partial charge on any atom is 0.0657 e. The van der Waals surface area contributed by atoms with Gasteiger partial charge in [-0.25, -0.2) is 0 Å². The minimum atomic E-state index is 0.339. The zero-order chi connectivity index (χ0) is 7.68. The van der Waals surface area contributed by atoms with E-state index in [0.29, 0.717) is 18.0 Å². The molecule has 2 heteroatoms. The summed E-state index contributed by atoms with van der Waals surface area (Å²) in [6, 6.07) is 3.71. The molecule has 2 bridgehead atoms. The molecule has 2 unspecified atom stereocenters. The van der Waals surface area contributed by atoms with Crippen LogP contribution in [0.5, 0.6) is 0 Å². The summed E-state index contributed by atoms with van der Waals surface area (Å²) in [5.74, 6) is 0.339. The average Bonchev–Trinajstić information content (AvgIpc) is 2.03. The first-order valence-electron chi connectivity index (χ1n) is 4.54. The standard InChI is InChI=1S/C9H14N2/c10-6-7-4-8-2-1-3-9(5-7)11-8/h7-9,11H,1-5H2. The quantitative estimate of drug-likeness (QED) is 0.567. The van der Waals surface area contributed by atoms with E-state index in [0.717, 1.165) is 12.8 Å². The van der Waals surface area contributed by atoms with Crippen LogP contribution in [-0.2, 0) is 0 Å². The second kappa shape index (κ2) is 2.83. The molecule has 60 valence electrons. The molecule has 2 fully saturated rings. The molecule has 0 spiro atoms. The zero-order valence-corrected chi connectivity index (χ0v) is 6.71. The smallest absolute Gasteiger partial charge is 0.0657 e. The predicted molar refractivity (Wildman–Crippen MR) is 42.9 cm³/mol. The van der Waals surface area contributed by atoms with Crippen LogP contribution < -0.4 is 5.32 Å². The molecule has 2 heterocycles. The molecule has 2 saturated heterocycles. The van der Waals surface area contributed by atoms with E-state index in [1.807, 2.05) is 0 Å². The number of hydrogen-bond acceptors (Lipinski definition) is 2. The Bertz CT molecular complexity index is 170. The van der Waals surface area contributed by atoms with Gasteiger partial charge < -0.3 is 5.32 Å². The van der Waals surface area contributed by atoms with Gasteiger partial charge in [-0.05, 0) is 25.7 Å². The summed E-state index contributed by atoms with van der Waals surface area (Å²) in [7, 11) is 0. The summed E-state index contributed by atoms with van der Waals surface area (Å²) in [6.45, 7) is 0. The lowest BCUT2D eigenvalue weighted by Gasteiger charge is -2.38. The van der Waals surface area contributed by atoms with E-state index in [2.05, 4.69) is 11.4 Å². The van der Waals surface area contributed by atoms with Gasteiger partial charge in [-0.2, -0.15) is 5.26 Å². The number of piperidine rings is 2. The highest BCUT2D eigenvalue weighted by Crippen LogP contribution is 2.28. The molecule has 2 nitrogen and oxygen atoms in total. The number of nitriles is 1. The van der Waals surface area contributed by atoms with Crippen molar-refractivity contribution in [1.82, 2.24) is 5.32 Å². The summed E-state index contributed by atoms with van der Waals surface area (Å²) in [5.41, 5.74) is 0. The van der Waals surface area contributed by atoms with Crippen molar-refractivity contribution in [1.29, 1.82) is 5.26 Å². The first-order chi connectivity index (χ1) is 5.38. The Morgan fingerprint density at radius 3 is 2.36 bits per heavy atom. The van der Waals surface area contributed by atoms with Gasteiger partial charge in [-0.1, -0.05) is 6.42 Å². The molecule has 0 amide bonds. The summed E-state index contributed by atoms with van der Waals surface area (Å²) >= 11 is 0. The lowest BCUT2D eigenvalue weighted by Crippen LogP contribution is -2.48. The molecule has 0 aromatic carbocycles. The molecular weight excluding hydrogens is 136 g/mol. The molecule has 2 aliphatic rings. The molecular formula is C9H14N2. The van der Waals surface area contributed by atoms with Gasteiger partial charge in [0.15, 0.2) is 0 Å². The van der Waals surface area contributed by atoms with Crippen molar-refractivity contribution in [2.75, 3.05) is 0 Å². The molecule has 0 radical (unpaired) electrons. The molecule has 11 heavy (non-hydrogen) atoms. The van der Waals surface area contributed by atoms with Gasteiger partial charge in [0.1, 0.15) is 0 Å². The Kier molecular flexibility index (Phi) is 1.83. The van der Waals surface area contributed by atoms with Crippen LogP contribution in [0.2, 0.25) is 0 Å². The van der Waals surface area contributed by atoms with Crippen molar-refractivity contribution >= 4 is 0 Å². The van der Waals surface area contributed by atoms with Gasteiger partial charge in [-0.15, -0.1) is 0 Å². The van der Waals surface area contributed by atoms with Crippen molar-refractivity contribution < 1.29 is 0 Å². The lowest BCUT2D eigenvalue weighted by molar-refractivity contribution is 0.213. The summed E-state index contributed by atoms with van der Waals surface area (Å²) in [4.78, 5) is 0. The van der Waals surface area contributed by atoms with Gasteiger partial charge in [0, 0.05) is 18.0 Å². The molecule has 2 aliphatic heterocycles. The van der Waals surface area contributed by atoms with E-state index in [4.69, 9.17) is 5.26 Å². The highest BCUT2D eigenvalue weighted by Gasteiger charge is 2.30. The fourth-order valence-electron chi connectivity index (χ4n) is 2.37. The normalized spacial score (nSPS) is 43.0. The minimum absolute atomic E-state index is 0.339. The van der Waals surface area contributed by atoms with Gasteiger partial charge in [0.25, 0.3) is 0 Å². The summed E-state index contributed by atoms with van der Waals surface area (Å²) in [6.07, 6.45) is 6.11. The number of nitrogens with zero attached hydrogens (tertiary/aromatic N) is 1. The largest absolute Gasteiger partial charge is 0.311 e. The van der Waals surface area contributed by atoms with Crippen LogP contribution in [0.25, 0.3) is 0 Å². The van der Waals surface area contributed by atoms with Gasteiger partial charge in [-0.3, -0.25) is 0 Å². The number of fused-ring (bicyclic) bond motifs is 2. The molecule has 0 aliphatic carbocycles. The van der Waals surface area contributed by atoms with E-state index in [9.17, 15) is 0 Å². The fourth-order valence-corrected chi connectivity index (χ4v) is 2.37. The third-order valence-corrected chi connectivity index (χ3v) is 2.90. The Balaban J connectivity index is 2.01. The van der Waals surface area contributed by atoms with Crippen LogP contribution in [-0.4, -0.2) is 12.1 Å². The SMILES string of the molecule is N#CC1CC2CCCC(C1)N2. The number of rotatable bonds is 0. The van der Waals surface area contributed by atoms with Crippen molar-refractivity contribution in [3.8, 4) is 6.07 Å². The number of nitrogens with one attached hydrogen (secondary N) is 1. The predicted octanol–water partition coefficient (Wildman–Crippen LogP) is 1.43. The molecule has 0 aromatic rings. The summed E-state index contributed by atoms with van der Waals surface area (Å²) in [5, 5.41) is 12.3. The van der Waals surface area contributed by atoms with Gasteiger partial charge in [0.05, 0.1) is 6.07 Å². The van der Waals surface area contributed by atoms with E-state index in [-0.39, 0.29) is 0 Å². The molecule has 2 atom stereocenters. The first kappa shape index (κ1) is 7.12. The molecule has 1 N–H and O–H groups in total. The lowest BCUT2D eigenvalue weighted by atomic mass is 9.81. The Morgan fingerprint density at radius 2 is 1.82 bits per heavy atom. The van der Waals surface area contributed by atoms with Crippen molar-refractivity contribution in [3.05, 3.63) is 0 Å². The van der Waals surface area contributed by atoms with Crippen LogP contribution in [0, 0.1) is 17.2 Å². The topological polar surface area (TPSA) is 35.8 Å². The maximum absolute atomic E-state index is 8.77. The fraction of sp³-hybridized carbons (Fsp3) is 0.889. The van der Waals surface area contributed by atoms with Gasteiger partial charge >= 0.3 is 0 Å². The molecule has 0 aromatic heterocycles. The average molecular weight is 150 g/mol. The highest BCUT2D eigenvalue weighted by molar-refractivity contribution is 4.96. The van der Waals surface area contributed by atoms with Crippen molar-refractivity contribution in [2.24, 2.45) is 5.92 Å². The van der Waals surface area contributed by atoms with E-state index in [1.54, 1.807) is 0 Å². The Labute approximate surface area is 67.6 Å². The van der Waals surface area contributed by atoms with E-state index in [1.165, 1.54) is 19.3 Å². The Hall–Kier alpha value is -0.550. The van der Waals surface area contributed by atoms with E-state index >= 15 is 0 Å². The zero-order valence-electron chi connectivity index (χ0n) is 6.71. The second-order valence-electron chi connectivity index (χ2n) is 3.79. The molecule has 2 rings (SSSR count). The van der Waals surface area contributed by atoms with Crippen LogP contribution in [0.15, 0.2) is 0 Å². The van der Waals surface area contributed by atoms with Crippen LogP contribution >= 0.6 is 0 Å². The third kappa shape index (κ3) is 1.39. The molecule has 0 saturated carbocycles. The van der Waals surface area contributed by atoms with Crippen molar-refractivity contribution in [2.45, 2.75) is 44.2 Å². The van der Waals surface area contributed by atoms with Crippen LogP contribution in [0.3, 0.4) is 0 Å². The number of hydrogen-bond donors (Lipinski definition) is 1. The minimum Gasteiger partial charge on any atom is -0.311 e. The van der Waals surface area contributed by atoms with Crippen LogP contribution in [0.1, 0.15) is 32.1 Å². The van der Waals surface area contributed by atoms with Crippen molar-refractivity contribution in [3.63, 3.8) is 0 Å². The summed E-state index contributed by atoms with van der Waals surface area (Å²) < 4.78 is 0. The maximum atomic E-state index is 8.77. The highest BCUT2D eigenvalue weighted by atomic mass is 15.0. The third-order valence-electron chi connectivity index (χ3n) is 2.90. The Morgan fingerprint density at radius 1 is 1.18 bits per heavy atom. The van der Waals surface area contributed by atoms with Gasteiger partial charge in [0.2, 0.25) is 0 Å². The van der Waals surface area contributed by atoms with E-state index < -0.39 is 0 Å². The van der Waals surface area contributed by atoms with Crippen LogP contribution in [0.4, 0.5) is 0 Å². The first-order valence-corrected chi connectivity index (χ1v) is 4.54.